The Balaban J connectivity index is 2.17. The van der Waals surface area contributed by atoms with E-state index in [0.29, 0.717) is 12.8 Å². The molecule has 1 fully saturated rings. The van der Waals surface area contributed by atoms with Gasteiger partial charge in [0, 0.05) is 12.1 Å². The van der Waals surface area contributed by atoms with Crippen molar-refractivity contribution in [2.75, 3.05) is 11.1 Å². The van der Waals surface area contributed by atoms with Gasteiger partial charge in [-0.3, -0.25) is 10.1 Å². The van der Waals surface area contributed by atoms with Crippen molar-refractivity contribution in [1.29, 1.82) is 0 Å². The van der Waals surface area contributed by atoms with Crippen LogP contribution in [0.4, 0.5) is 17.3 Å². The van der Waals surface area contributed by atoms with Crippen LogP contribution in [0.1, 0.15) is 12.8 Å². The number of hydrogen-bond donors (Lipinski definition) is 3. The lowest BCUT2D eigenvalue weighted by Gasteiger charge is -2.32. The van der Waals surface area contributed by atoms with Crippen LogP contribution in [-0.4, -0.2) is 27.2 Å². The third-order valence-corrected chi connectivity index (χ3v) is 2.55. The number of anilines is 2. The molecule has 0 aromatic carbocycles. The van der Waals surface area contributed by atoms with Crippen molar-refractivity contribution in [2.45, 2.75) is 25.0 Å². The molecule has 4 N–H and O–H groups in total. The van der Waals surface area contributed by atoms with Crippen LogP contribution < -0.4 is 11.1 Å². The molecule has 0 amide bonds. The normalized spacial score (nSPS) is 23.6. The lowest BCUT2D eigenvalue weighted by Crippen LogP contribution is -2.39. The maximum Gasteiger partial charge on any atom is 0.311 e. The number of nitrogens with one attached hydrogen (secondary N) is 1. The van der Waals surface area contributed by atoms with Crippen molar-refractivity contribution < 1.29 is 10.0 Å². The third-order valence-electron chi connectivity index (χ3n) is 2.55. The van der Waals surface area contributed by atoms with Crippen molar-refractivity contribution in [3.63, 3.8) is 0 Å². The van der Waals surface area contributed by atoms with E-state index < -0.39 is 4.92 Å². The van der Waals surface area contributed by atoms with Crippen LogP contribution in [-0.2, 0) is 0 Å². The first kappa shape index (κ1) is 10.6. The minimum absolute atomic E-state index is 0.0306. The number of nitrogen functional groups attached to an aromatic ring is 1. The lowest BCUT2D eigenvalue weighted by molar-refractivity contribution is -0.384. The van der Waals surface area contributed by atoms with E-state index in [9.17, 15) is 10.1 Å². The lowest BCUT2D eigenvalue weighted by atomic mass is 9.89. The number of aromatic nitrogens is 1. The van der Waals surface area contributed by atoms with Gasteiger partial charge in [0.15, 0.2) is 0 Å². The van der Waals surface area contributed by atoms with Crippen molar-refractivity contribution >= 4 is 17.3 Å². The SMILES string of the molecule is Nc1ccc([N+](=O)[O-])c(NC2CC(O)C2)n1. The van der Waals surface area contributed by atoms with Gasteiger partial charge in [-0.2, -0.15) is 0 Å². The van der Waals surface area contributed by atoms with E-state index in [1.807, 2.05) is 0 Å². The Kier molecular flexibility index (Phi) is 2.61. The first-order valence-electron chi connectivity index (χ1n) is 4.92. The zero-order valence-electron chi connectivity index (χ0n) is 8.46. The summed E-state index contributed by atoms with van der Waals surface area (Å²) in [7, 11) is 0. The number of nitro groups is 1. The number of aliphatic hydroxyl groups is 1. The van der Waals surface area contributed by atoms with Gasteiger partial charge < -0.3 is 16.2 Å². The molecule has 0 unspecified atom stereocenters. The highest BCUT2D eigenvalue weighted by Gasteiger charge is 2.29. The predicted molar refractivity (Wildman–Crippen MR) is 58.0 cm³/mol. The molecular formula is C9H12N4O3. The summed E-state index contributed by atoms with van der Waals surface area (Å²) in [4.78, 5) is 14.1. The fourth-order valence-electron chi connectivity index (χ4n) is 1.62. The van der Waals surface area contributed by atoms with Crippen molar-refractivity contribution in [3.05, 3.63) is 22.2 Å². The van der Waals surface area contributed by atoms with Crippen LogP contribution in [0.5, 0.6) is 0 Å². The highest BCUT2D eigenvalue weighted by atomic mass is 16.6. The van der Waals surface area contributed by atoms with Crippen molar-refractivity contribution in [1.82, 2.24) is 4.98 Å². The van der Waals surface area contributed by atoms with Crippen LogP contribution in [0.3, 0.4) is 0 Å². The number of aliphatic hydroxyl groups excluding tert-OH is 1. The summed E-state index contributed by atoms with van der Waals surface area (Å²) in [5.74, 6) is 0.398. The molecule has 1 aliphatic rings. The van der Waals surface area contributed by atoms with E-state index in [4.69, 9.17) is 10.8 Å². The number of nitrogens with two attached hydrogens (primary N) is 1. The fourth-order valence-corrected chi connectivity index (χ4v) is 1.62. The summed E-state index contributed by atoms with van der Waals surface area (Å²) in [6.07, 6.45) is 0.832. The van der Waals surface area contributed by atoms with Gasteiger partial charge >= 0.3 is 5.69 Å². The van der Waals surface area contributed by atoms with Gasteiger partial charge in [-0.25, -0.2) is 4.98 Å². The molecule has 0 atom stereocenters. The third kappa shape index (κ3) is 2.03. The molecule has 0 saturated heterocycles. The number of hydrogen-bond acceptors (Lipinski definition) is 6. The summed E-state index contributed by atoms with van der Waals surface area (Å²) in [6, 6.07) is 2.74. The number of rotatable bonds is 3. The molecule has 1 aromatic heterocycles. The molecule has 16 heavy (non-hydrogen) atoms. The Labute approximate surface area is 91.4 Å². The van der Waals surface area contributed by atoms with Gasteiger partial charge in [-0.15, -0.1) is 0 Å². The maximum atomic E-state index is 10.7. The van der Waals surface area contributed by atoms with Crippen LogP contribution in [0.25, 0.3) is 0 Å². The Morgan fingerprint density at radius 2 is 2.25 bits per heavy atom. The minimum atomic E-state index is -0.510. The number of pyridine rings is 1. The van der Waals surface area contributed by atoms with Gasteiger partial charge in [0.05, 0.1) is 11.0 Å². The predicted octanol–water partition coefficient (Wildman–Crippen LogP) is 0.507. The highest BCUT2D eigenvalue weighted by Crippen LogP contribution is 2.28. The highest BCUT2D eigenvalue weighted by molar-refractivity contribution is 5.59. The molecule has 1 saturated carbocycles. The monoisotopic (exact) mass is 224 g/mol. The molecule has 86 valence electrons. The summed E-state index contributed by atoms with van der Waals surface area (Å²) in [6.45, 7) is 0. The van der Waals surface area contributed by atoms with Crippen molar-refractivity contribution in [2.24, 2.45) is 0 Å². The van der Waals surface area contributed by atoms with Gasteiger partial charge in [0.2, 0.25) is 5.82 Å². The molecular weight excluding hydrogens is 212 g/mol. The second kappa shape index (κ2) is 3.93. The number of nitrogens with zero attached hydrogens (tertiary/aromatic N) is 2. The van der Waals surface area contributed by atoms with Gasteiger partial charge in [-0.1, -0.05) is 0 Å². The van der Waals surface area contributed by atoms with Crippen LogP contribution >= 0.6 is 0 Å². The molecule has 0 spiro atoms. The second-order valence-corrected chi connectivity index (χ2v) is 3.83. The molecule has 1 aliphatic carbocycles. The molecule has 1 aromatic rings. The standard InChI is InChI=1S/C9H12N4O3/c10-8-2-1-7(13(15)16)9(12-8)11-5-3-6(14)4-5/h1-2,5-6,14H,3-4H2,(H3,10,11,12). The fraction of sp³-hybridized carbons (Fsp3) is 0.444. The molecule has 1 heterocycles. The largest absolute Gasteiger partial charge is 0.393 e. The minimum Gasteiger partial charge on any atom is -0.393 e. The van der Waals surface area contributed by atoms with E-state index in [-0.39, 0.29) is 29.5 Å². The molecule has 2 rings (SSSR count). The topological polar surface area (TPSA) is 114 Å². The van der Waals surface area contributed by atoms with E-state index in [2.05, 4.69) is 10.3 Å². The Morgan fingerprint density at radius 1 is 1.56 bits per heavy atom. The Bertz CT molecular complexity index is 417. The molecule has 7 nitrogen and oxygen atoms in total. The van der Waals surface area contributed by atoms with E-state index in [1.165, 1.54) is 12.1 Å². The van der Waals surface area contributed by atoms with Crippen molar-refractivity contribution in [3.8, 4) is 0 Å². The second-order valence-electron chi connectivity index (χ2n) is 3.83. The van der Waals surface area contributed by atoms with E-state index in [1.54, 1.807) is 0 Å². The first-order valence-corrected chi connectivity index (χ1v) is 4.92. The van der Waals surface area contributed by atoms with Gasteiger partial charge in [0.1, 0.15) is 5.82 Å². The molecule has 7 heteroatoms. The summed E-state index contributed by atoms with van der Waals surface area (Å²) >= 11 is 0. The van der Waals surface area contributed by atoms with E-state index >= 15 is 0 Å². The smallest absolute Gasteiger partial charge is 0.311 e. The quantitative estimate of drug-likeness (QED) is 0.509. The summed E-state index contributed by atoms with van der Waals surface area (Å²) in [5.41, 5.74) is 5.37. The zero-order chi connectivity index (χ0) is 11.7. The molecule has 0 aliphatic heterocycles. The van der Waals surface area contributed by atoms with Gasteiger partial charge in [0.25, 0.3) is 0 Å². The summed E-state index contributed by atoms with van der Waals surface area (Å²) in [5, 5.41) is 22.7. The molecule has 0 bridgehead atoms. The van der Waals surface area contributed by atoms with E-state index in [0.717, 1.165) is 0 Å². The zero-order valence-corrected chi connectivity index (χ0v) is 8.46. The van der Waals surface area contributed by atoms with Crippen LogP contribution in [0.2, 0.25) is 0 Å². The average Bonchev–Trinajstić information content (AvgIpc) is 2.15. The summed E-state index contributed by atoms with van der Waals surface area (Å²) < 4.78 is 0. The van der Waals surface area contributed by atoms with Gasteiger partial charge in [-0.05, 0) is 18.9 Å². The van der Waals surface area contributed by atoms with Crippen LogP contribution in [0.15, 0.2) is 12.1 Å². The average molecular weight is 224 g/mol. The Morgan fingerprint density at radius 3 is 2.81 bits per heavy atom. The molecule has 0 radical (unpaired) electrons. The van der Waals surface area contributed by atoms with Crippen LogP contribution in [0, 0.1) is 10.1 Å². The first-order chi connectivity index (χ1) is 7.56. The Hall–Kier alpha value is -1.89. The maximum absolute atomic E-state index is 10.7.